The lowest BCUT2D eigenvalue weighted by Crippen LogP contribution is -2.34. The number of hydrogen-bond acceptors (Lipinski definition) is 3. The summed E-state index contributed by atoms with van der Waals surface area (Å²) in [7, 11) is 2.07. The zero-order valence-electron chi connectivity index (χ0n) is 9.17. The molecule has 0 aliphatic carbocycles. The van der Waals surface area contributed by atoms with Crippen LogP contribution in [-0.2, 0) is 4.74 Å². The molecule has 3 heteroatoms. The van der Waals surface area contributed by atoms with Crippen LogP contribution in [0, 0.1) is 5.92 Å². The number of ether oxygens (including phenoxy) is 1. The maximum atomic E-state index is 5.38. The first kappa shape index (κ1) is 10.4. The summed E-state index contributed by atoms with van der Waals surface area (Å²) in [4.78, 5) is 2.61. The van der Waals surface area contributed by atoms with Crippen molar-refractivity contribution in [2.24, 2.45) is 5.92 Å². The first-order valence-electron chi connectivity index (χ1n) is 5.86. The average molecular weight is 198 g/mol. The SMILES string of the molecule is CN[C@@H]1CCN(CC2CCOCC2)C1. The van der Waals surface area contributed by atoms with Crippen LogP contribution in [0.15, 0.2) is 0 Å². The van der Waals surface area contributed by atoms with Crippen LogP contribution < -0.4 is 5.32 Å². The molecule has 1 N–H and O–H groups in total. The topological polar surface area (TPSA) is 24.5 Å². The maximum absolute atomic E-state index is 5.38. The summed E-state index contributed by atoms with van der Waals surface area (Å²) < 4.78 is 5.38. The molecular formula is C11H22N2O. The summed E-state index contributed by atoms with van der Waals surface area (Å²) in [6, 6.07) is 0.731. The van der Waals surface area contributed by atoms with E-state index >= 15 is 0 Å². The molecule has 14 heavy (non-hydrogen) atoms. The highest BCUT2D eigenvalue weighted by Crippen LogP contribution is 2.18. The highest BCUT2D eigenvalue weighted by atomic mass is 16.5. The minimum atomic E-state index is 0.731. The van der Waals surface area contributed by atoms with E-state index in [-0.39, 0.29) is 0 Å². The van der Waals surface area contributed by atoms with Gasteiger partial charge in [-0.15, -0.1) is 0 Å². The minimum Gasteiger partial charge on any atom is -0.381 e. The number of likely N-dealkylation sites (tertiary alicyclic amines) is 1. The van der Waals surface area contributed by atoms with Crippen LogP contribution in [0.3, 0.4) is 0 Å². The molecule has 0 aromatic rings. The fourth-order valence-electron chi connectivity index (χ4n) is 2.53. The van der Waals surface area contributed by atoms with Crippen LogP contribution in [0.4, 0.5) is 0 Å². The third-order valence-corrected chi connectivity index (χ3v) is 3.54. The second kappa shape index (κ2) is 5.10. The molecule has 0 spiro atoms. The Balaban J connectivity index is 1.69. The predicted molar refractivity (Wildman–Crippen MR) is 57.4 cm³/mol. The summed E-state index contributed by atoms with van der Waals surface area (Å²) >= 11 is 0. The van der Waals surface area contributed by atoms with Gasteiger partial charge in [-0.05, 0) is 38.8 Å². The Morgan fingerprint density at radius 3 is 2.71 bits per heavy atom. The highest BCUT2D eigenvalue weighted by molar-refractivity contribution is 4.81. The second-order valence-electron chi connectivity index (χ2n) is 4.59. The van der Waals surface area contributed by atoms with Gasteiger partial charge in [0, 0.05) is 32.3 Å². The van der Waals surface area contributed by atoms with Gasteiger partial charge >= 0.3 is 0 Å². The number of likely N-dealkylation sites (N-methyl/N-ethyl adjacent to an activating group) is 1. The first-order valence-corrected chi connectivity index (χ1v) is 5.86. The van der Waals surface area contributed by atoms with Crippen LogP contribution >= 0.6 is 0 Å². The van der Waals surface area contributed by atoms with Gasteiger partial charge in [0.05, 0.1) is 0 Å². The normalized spacial score (nSPS) is 31.1. The lowest BCUT2D eigenvalue weighted by Gasteiger charge is -2.26. The Kier molecular flexibility index (Phi) is 3.79. The van der Waals surface area contributed by atoms with Gasteiger partial charge in [0.15, 0.2) is 0 Å². The summed E-state index contributed by atoms with van der Waals surface area (Å²) in [6.45, 7) is 5.78. The van der Waals surface area contributed by atoms with Crippen molar-refractivity contribution < 1.29 is 4.74 Å². The van der Waals surface area contributed by atoms with Gasteiger partial charge < -0.3 is 15.0 Å². The van der Waals surface area contributed by atoms with Crippen molar-refractivity contribution in [2.45, 2.75) is 25.3 Å². The quantitative estimate of drug-likeness (QED) is 0.723. The molecule has 0 bridgehead atoms. The number of nitrogens with one attached hydrogen (secondary N) is 1. The molecule has 2 aliphatic rings. The van der Waals surface area contributed by atoms with E-state index in [1.165, 1.54) is 38.9 Å². The average Bonchev–Trinajstić information content (AvgIpc) is 2.67. The van der Waals surface area contributed by atoms with Crippen molar-refractivity contribution in [1.29, 1.82) is 0 Å². The lowest BCUT2D eigenvalue weighted by molar-refractivity contribution is 0.0553. The molecule has 82 valence electrons. The molecule has 0 aromatic carbocycles. The van der Waals surface area contributed by atoms with Gasteiger partial charge in [0.25, 0.3) is 0 Å². The van der Waals surface area contributed by atoms with Crippen LogP contribution in [0.5, 0.6) is 0 Å². The second-order valence-corrected chi connectivity index (χ2v) is 4.59. The number of hydrogen-bond donors (Lipinski definition) is 1. The minimum absolute atomic E-state index is 0.731. The zero-order valence-corrected chi connectivity index (χ0v) is 9.17. The van der Waals surface area contributed by atoms with Gasteiger partial charge in [-0.3, -0.25) is 0 Å². The monoisotopic (exact) mass is 198 g/mol. The molecule has 2 heterocycles. The molecule has 1 atom stereocenters. The summed E-state index contributed by atoms with van der Waals surface area (Å²) in [5.41, 5.74) is 0. The van der Waals surface area contributed by atoms with E-state index < -0.39 is 0 Å². The number of rotatable bonds is 3. The van der Waals surface area contributed by atoms with Gasteiger partial charge in [-0.25, -0.2) is 0 Å². The molecule has 2 fully saturated rings. The third-order valence-electron chi connectivity index (χ3n) is 3.54. The third kappa shape index (κ3) is 2.69. The van der Waals surface area contributed by atoms with E-state index in [2.05, 4.69) is 17.3 Å². The van der Waals surface area contributed by atoms with E-state index in [0.29, 0.717) is 0 Å². The Morgan fingerprint density at radius 1 is 1.29 bits per heavy atom. The molecule has 0 amide bonds. The lowest BCUT2D eigenvalue weighted by atomic mass is 10.00. The molecule has 3 nitrogen and oxygen atoms in total. The Hall–Kier alpha value is -0.120. The fourth-order valence-corrected chi connectivity index (χ4v) is 2.53. The molecule has 0 radical (unpaired) electrons. The van der Waals surface area contributed by atoms with Gasteiger partial charge in [-0.1, -0.05) is 0 Å². The Labute approximate surface area is 86.8 Å². The fraction of sp³-hybridized carbons (Fsp3) is 1.00. The van der Waals surface area contributed by atoms with E-state index in [1.807, 2.05) is 0 Å². The van der Waals surface area contributed by atoms with E-state index in [9.17, 15) is 0 Å². The zero-order chi connectivity index (χ0) is 9.80. The largest absolute Gasteiger partial charge is 0.381 e. The maximum Gasteiger partial charge on any atom is 0.0469 e. The van der Waals surface area contributed by atoms with E-state index in [4.69, 9.17) is 4.74 Å². The van der Waals surface area contributed by atoms with Crippen molar-refractivity contribution in [1.82, 2.24) is 10.2 Å². The molecule has 0 unspecified atom stereocenters. The molecule has 2 rings (SSSR count). The van der Waals surface area contributed by atoms with Crippen molar-refractivity contribution in [3.8, 4) is 0 Å². The smallest absolute Gasteiger partial charge is 0.0469 e. The van der Waals surface area contributed by atoms with E-state index in [0.717, 1.165) is 25.2 Å². The van der Waals surface area contributed by atoms with Gasteiger partial charge in [0.1, 0.15) is 0 Å². The molecule has 0 aromatic heterocycles. The Bertz CT molecular complexity index is 169. The van der Waals surface area contributed by atoms with Crippen molar-refractivity contribution in [2.75, 3.05) is 39.9 Å². The van der Waals surface area contributed by atoms with Gasteiger partial charge in [0.2, 0.25) is 0 Å². The van der Waals surface area contributed by atoms with Crippen molar-refractivity contribution in [3.05, 3.63) is 0 Å². The van der Waals surface area contributed by atoms with Crippen LogP contribution in [0.2, 0.25) is 0 Å². The highest BCUT2D eigenvalue weighted by Gasteiger charge is 2.24. The summed E-state index contributed by atoms with van der Waals surface area (Å²) in [5, 5.41) is 3.36. The predicted octanol–water partition coefficient (Wildman–Crippen LogP) is 0.707. The molecule has 2 saturated heterocycles. The van der Waals surface area contributed by atoms with Crippen LogP contribution in [-0.4, -0.2) is 50.8 Å². The van der Waals surface area contributed by atoms with Gasteiger partial charge in [-0.2, -0.15) is 0 Å². The molecule has 0 saturated carbocycles. The van der Waals surface area contributed by atoms with Crippen LogP contribution in [0.1, 0.15) is 19.3 Å². The van der Waals surface area contributed by atoms with Crippen molar-refractivity contribution >= 4 is 0 Å². The van der Waals surface area contributed by atoms with Crippen LogP contribution in [0.25, 0.3) is 0 Å². The van der Waals surface area contributed by atoms with E-state index in [1.54, 1.807) is 0 Å². The number of nitrogens with zero attached hydrogens (tertiary/aromatic N) is 1. The van der Waals surface area contributed by atoms with Crippen molar-refractivity contribution in [3.63, 3.8) is 0 Å². The summed E-state index contributed by atoms with van der Waals surface area (Å²) in [5.74, 6) is 0.888. The summed E-state index contributed by atoms with van der Waals surface area (Å²) in [6.07, 6.45) is 3.85. The molecule has 2 aliphatic heterocycles. The first-order chi connectivity index (χ1) is 6.88. The molecular weight excluding hydrogens is 176 g/mol. The Morgan fingerprint density at radius 2 is 2.07 bits per heavy atom. The standard InChI is InChI=1S/C11H22N2O/c1-12-11-2-5-13(9-11)8-10-3-6-14-7-4-10/h10-12H,2-9H2,1H3/t11-/m1/s1.